The van der Waals surface area contributed by atoms with Crippen LogP contribution in [0.4, 0.5) is 0 Å². The summed E-state index contributed by atoms with van der Waals surface area (Å²) in [5, 5.41) is 0.749. The zero-order valence-electron chi connectivity index (χ0n) is 10.4. The molecule has 3 nitrogen and oxygen atoms in total. The van der Waals surface area contributed by atoms with E-state index in [9.17, 15) is 0 Å². The smallest absolute Gasteiger partial charge is 0.138 e. The van der Waals surface area contributed by atoms with Crippen LogP contribution in [0.25, 0.3) is 0 Å². The molecule has 0 saturated heterocycles. The van der Waals surface area contributed by atoms with Crippen molar-refractivity contribution in [1.82, 2.24) is 4.98 Å². The first-order valence-electron chi connectivity index (χ1n) is 5.69. The lowest BCUT2D eigenvalue weighted by atomic mass is 10.2. The molecule has 19 heavy (non-hydrogen) atoms. The van der Waals surface area contributed by atoms with Crippen molar-refractivity contribution in [1.29, 1.82) is 0 Å². The Labute approximate surface area is 129 Å². The number of benzene rings is 1. The fourth-order valence-electron chi connectivity index (χ4n) is 1.54. The molecule has 0 N–H and O–H groups in total. The number of hydrogen-bond donors (Lipinski definition) is 0. The number of pyridine rings is 1. The maximum absolute atomic E-state index is 5.68. The average Bonchev–Trinajstić information content (AvgIpc) is 2.46. The summed E-state index contributed by atoms with van der Waals surface area (Å²) >= 11 is 6.81. The van der Waals surface area contributed by atoms with Gasteiger partial charge in [-0.25, -0.2) is 0 Å². The van der Waals surface area contributed by atoms with Crippen LogP contribution in [0.1, 0.15) is 11.3 Å². The van der Waals surface area contributed by atoms with Gasteiger partial charge in [0.25, 0.3) is 0 Å². The van der Waals surface area contributed by atoms with Crippen molar-refractivity contribution in [2.75, 3.05) is 7.11 Å². The van der Waals surface area contributed by atoms with Crippen molar-refractivity contribution in [3.05, 3.63) is 52.3 Å². The van der Waals surface area contributed by atoms with Crippen molar-refractivity contribution in [3.63, 3.8) is 0 Å². The van der Waals surface area contributed by atoms with E-state index in [4.69, 9.17) is 9.47 Å². The van der Waals surface area contributed by atoms with Gasteiger partial charge in [-0.3, -0.25) is 4.98 Å². The predicted molar refractivity (Wildman–Crippen MR) is 81.9 cm³/mol. The van der Waals surface area contributed by atoms with E-state index in [2.05, 4.69) is 36.8 Å². The summed E-state index contributed by atoms with van der Waals surface area (Å²) in [7, 11) is 1.65. The Bertz CT molecular complexity index is 544. The lowest BCUT2D eigenvalue weighted by Crippen LogP contribution is -1.97. The van der Waals surface area contributed by atoms with E-state index in [0.717, 1.165) is 32.6 Å². The van der Waals surface area contributed by atoms with Gasteiger partial charge in [0.1, 0.15) is 18.1 Å². The van der Waals surface area contributed by atoms with Crippen molar-refractivity contribution < 1.29 is 9.47 Å². The highest BCUT2D eigenvalue weighted by molar-refractivity contribution is 9.10. The van der Waals surface area contributed by atoms with Gasteiger partial charge in [0.05, 0.1) is 23.5 Å². The van der Waals surface area contributed by atoms with Gasteiger partial charge in [0, 0.05) is 5.33 Å². The van der Waals surface area contributed by atoms with Gasteiger partial charge in [-0.15, -0.1) is 0 Å². The number of rotatable bonds is 5. The molecule has 0 radical (unpaired) electrons. The third-order valence-corrected chi connectivity index (χ3v) is 3.75. The summed E-state index contributed by atoms with van der Waals surface area (Å²) in [5.41, 5.74) is 2.05. The van der Waals surface area contributed by atoms with E-state index in [-0.39, 0.29) is 0 Å². The lowest BCUT2D eigenvalue weighted by molar-refractivity contribution is 0.304. The quantitative estimate of drug-likeness (QED) is 0.716. The van der Waals surface area contributed by atoms with Crippen LogP contribution in [-0.4, -0.2) is 12.1 Å². The summed E-state index contributed by atoms with van der Waals surface area (Å²) in [6.07, 6.45) is 1.73. The van der Waals surface area contributed by atoms with Crippen LogP contribution in [0.2, 0.25) is 0 Å². The Hall–Kier alpha value is -1.07. The third-order valence-electron chi connectivity index (χ3n) is 2.56. The number of hydrogen-bond acceptors (Lipinski definition) is 3. The zero-order valence-corrected chi connectivity index (χ0v) is 13.6. The van der Waals surface area contributed by atoms with Gasteiger partial charge in [-0.2, -0.15) is 0 Å². The molecule has 0 aliphatic carbocycles. The first-order chi connectivity index (χ1) is 9.22. The van der Waals surface area contributed by atoms with E-state index < -0.39 is 0 Å². The summed E-state index contributed by atoms with van der Waals surface area (Å²) in [6.45, 7) is 0.498. The number of alkyl halides is 1. The van der Waals surface area contributed by atoms with Crippen molar-refractivity contribution in [2.45, 2.75) is 11.9 Å². The molecule has 2 aromatic rings. The highest BCUT2D eigenvalue weighted by atomic mass is 79.9. The van der Waals surface area contributed by atoms with Crippen LogP contribution in [0.5, 0.6) is 11.5 Å². The number of aromatic nitrogens is 1. The van der Waals surface area contributed by atoms with Gasteiger partial charge in [0.15, 0.2) is 0 Å². The second kappa shape index (κ2) is 6.91. The van der Waals surface area contributed by atoms with Crippen LogP contribution >= 0.6 is 31.9 Å². The summed E-state index contributed by atoms with van der Waals surface area (Å²) in [5.74, 6) is 1.57. The van der Waals surface area contributed by atoms with Gasteiger partial charge in [-0.1, -0.05) is 22.0 Å². The minimum Gasteiger partial charge on any atom is -0.496 e. The summed E-state index contributed by atoms with van der Waals surface area (Å²) < 4.78 is 11.8. The first kappa shape index (κ1) is 14.3. The summed E-state index contributed by atoms with van der Waals surface area (Å²) in [4.78, 5) is 4.25. The van der Waals surface area contributed by atoms with Crippen LogP contribution in [0, 0.1) is 0 Å². The molecule has 100 valence electrons. The van der Waals surface area contributed by atoms with E-state index >= 15 is 0 Å². The molecule has 0 aliphatic heterocycles. The number of nitrogens with zero attached hydrogens (tertiary/aromatic N) is 1. The van der Waals surface area contributed by atoms with Gasteiger partial charge in [0.2, 0.25) is 0 Å². The largest absolute Gasteiger partial charge is 0.496 e. The monoisotopic (exact) mass is 385 g/mol. The molecule has 1 aromatic heterocycles. The molecule has 0 unspecified atom stereocenters. The molecule has 0 aliphatic rings. The van der Waals surface area contributed by atoms with E-state index in [1.807, 2.05) is 30.3 Å². The second-order valence-electron chi connectivity index (χ2n) is 3.88. The van der Waals surface area contributed by atoms with Crippen molar-refractivity contribution in [2.24, 2.45) is 0 Å². The molecule has 0 fully saturated rings. The Morgan fingerprint density at radius 2 is 2.05 bits per heavy atom. The minimum atomic E-state index is 0.498. The molecule has 1 aromatic carbocycles. The molecule has 2 rings (SSSR count). The highest BCUT2D eigenvalue weighted by Crippen LogP contribution is 2.26. The van der Waals surface area contributed by atoms with Crippen LogP contribution < -0.4 is 9.47 Å². The molecule has 5 heteroatoms. The second-order valence-corrected chi connectivity index (χ2v) is 5.29. The summed E-state index contributed by atoms with van der Waals surface area (Å²) in [6, 6.07) is 9.73. The molecular formula is C14H13Br2NO2. The number of ether oxygens (including phenoxy) is 2. The fraction of sp³-hybridized carbons (Fsp3) is 0.214. The van der Waals surface area contributed by atoms with Gasteiger partial charge in [-0.05, 0) is 45.8 Å². The van der Waals surface area contributed by atoms with Gasteiger partial charge < -0.3 is 9.47 Å². The minimum absolute atomic E-state index is 0.498. The molecular weight excluding hydrogens is 374 g/mol. The molecule has 0 bridgehead atoms. The first-order valence-corrected chi connectivity index (χ1v) is 7.60. The Morgan fingerprint density at radius 3 is 2.63 bits per heavy atom. The van der Waals surface area contributed by atoms with Crippen LogP contribution in [0.3, 0.4) is 0 Å². The third kappa shape index (κ3) is 3.94. The van der Waals surface area contributed by atoms with Crippen LogP contribution in [0.15, 0.2) is 41.0 Å². The van der Waals surface area contributed by atoms with Crippen molar-refractivity contribution >= 4 is 31.9 Å². The zero-order chi connectivity index (χ0) is 13.7. The molecule has 0 amide bonds. The number of methoxy groups -OCH3 is 1. The predicted octanol–water partition coefficient (Wildman–Crippen LogP) is 4.33. The van der Waals surface area contributed by atoms with Crippen molar-refractivity contribution in [3.8, 4) is 11.5 Å². The fourth-order valence-corrected chi connectivity index (χ4v) is 2.46. The number of halogens is 2. The average molecular weight is 387 g/mol. The lowest BCUT2D eigenvalue weighted by Gasteiger charge is -2.08. The maximum atomic E-state index is 5.68. The topological polar surface area (TPSA) is 31.4 Å². The maximum Gasteiger partial charge on any atom is 0.138 e. The highest BCUT2D eigenvalue weighted by Gasteiger charge is 2.02. The van der Waals surface area contributed by atoms with E-state index in [1.165, 1.54) is 0 Å². The Morgan fingerprint density at radius 1 is 1.21 bits per heavy atom. The van der Waals surface area contributed by atoms with E-state index in [1.54, 1.807) is 13.3 Å². The molecule has 1 heterocycles. The van der Waals surface area contributed by atoms with Gasteiger partial charge >= 0.3 is 0 Å². The SMILES string of the molecule is COc1ccc(COc2ccc(CBr)nc2)cc1Br. The Balaban J connectivity index is 1.99. The van der Waals surface area contributed by atoms with Crippen LogP contribution in [-0.2, 0) is 11.9 Å². The normalized spacial score (nSPS) is 10.3. The standard InChI is InChI=1S/C14H13Br2NO2/c1-18-14-5-2-10(6-13(14)16)9-19-12-4-3-11(7-15)17-8-12/h2-6,8H,7,9H2,1H3. The molecule has 0 spiro atoms. The van der Waals surface area contributed by atoms with E-state index in [0.29, 0.717) is 6.61 Å². The Kier molecular flexibility index (Phi) is 5.22. The molecule has 0 saturated carbocycles. The molecule has 0 atom stereocenters.